The Kier molecular flexibility index (Phi) is 7.15. The molecule has 2 aromatic heterocycles. The first-order chi connectivity index (χ1) is 16.4. The summed E-state index contributed by atoms with van der Waals surface area (Å²) in [6.07, 6.45) is 2.89. The average molecular weight is 491 g/mol. The molecule has 3 aromatic rings. The number of carbonyl (C=O) groups is 2. The number of carbonyl (C=O) groups excluding carboxylic acids is 2. The van der Waals surface area contributed by atoms with Gasteiger partial charge < -0.3 is 15.5 Å². The molecule has 1 fully saturated rings. The zero-order valence-corrected chi connectivity index (χ0v) is 19.3. The van der Waals surface area contributed by atoms with Crippen molar-refractivity contribution in [3.63, 3.8) is 0 Å². The van der Waals surface area contributed by atoms with Gasteiger partial charge in [0.1, 0.15) is 29.2 Å². The average Bonchev–Trinajstić information content (AvgIpc) is 3.26. The van der Waals surface area contributed by atoms with Crippen LogP contribution in [0.15, 0.2) is 29.3 Å². The lowest BCUT2D eigenvalue weighted by Crippen LogP contribution is -2.43. The van der Waals surface area contributed by atoms with Gasteiger partial charge in [-0.3, -0.25) is 19.0 Å². The van der Waals surface area contributed by atoms with Gasteiger partial charge in [0.15, 0.2) is 10.8 Å². The lowest BCUT2D eigenvalue weighted by atomic mass is 9.97. The molecule has 2 amide bonds. The number of amides is 2. The van der Waals surface area contributed by atoms with Crippen molar-refractivity contribution in [1.82, 2.24) is 25.2 Å². The van der Waals surface area contributed by atoms with Crippen molar-refractivity contribution in [1.29, 1.82) is 0 Å². The summed E-state index contributed by atoms with van der Waals surface area (Å²) in [4.78, 5) is 48.1. The van der Waals surface area contributed by atoms with Crippen LogP contribution in [0.25, 0.3) is 10.3 Å². The molecule has 34 heavy (non-hydrogen) atoms. The van der Waals surface area contributed by atoms with Gasteiger partial charge in [-0.1, -0.05) is 17.4 Å². The number of nitrogens with zero attached hydrogens (tertiary/aromatic N) is 4. The Bertz CT molecular complexity index is 1280. The number of thiazole rings is 1. The van der Waals surface area contributed by atoms with E-state index in [4.69, 9.17) is 0 Å². The van der Waals surface area contributed by atoms with Crippen LogP contribution in [0.1, 0.15) is 25.3 Å². The van der Waals surface area contributed by atoms with Gasteiger partial charge in [-0.25, -0.2) is 13.8 Å². The molecule has 1 aliphatic heterocycles. The Balaban J connectivity index is 1.45. The number of rotatable bonds is 7. The monoisotopic (exact) mass is 490 g/mol. The highest BCUT2D eigenvalue weighted by Gasteiger charge is 2.27. The molecule has 0 bridgehead atoms. The van der Waals surface area contributed by atoms with Gasteiger partial charge in [0, 0.05) is 37.8 Å². The van der Waals surface area contributed by atoms with Crippen LogP contribution in [0.2, 0.25) is 0 Å². The Labute approximate surface area is 197 Å². The molecule has 1 saturated heterocycles. The number of benzene rings is 1. The van der Waals surface area contributed by atoms with E-state index in [2.05, 4.69) is 20.6 Å². The van der Waals surface area contributed by atoms with E-state index in [0.717, 1.165) is 36.1 Å². The predicted octanol–water partition coefficient (Wildman–Crippen LogP) is 1.80. The summed E-state index contributed by atoms with van der Waals surface area (Å²) >= 11 is 1.18. The summed E-state index contributed by atoms with van der Waals surface area (Å²) in [5.41, 5.74) is 0.0135. The van der Waals surface area contributed by atoms with E-state index in [9.17, 15) is 23.2 Å². The molecule has 1 aromatic carbocycles. The van der Waals surface area contributed by atoms with E-state index in [0.29, 0.717) is 22.9 Å². The number of hydrogen-bond acceptors (Lipinski definition) is 7. The fourth-order valence-electron chi connectivity index (χ4n) is 3.84. The first-order valence-corrected chi connectivity index (χ1v) is 11.8. The molecular formula is C22H24F2N6O3S. The first kappa shape index (κ1) is 23.7. The number of anilines is 1. The second kappa shape index (κ2) is 10.2. The summed E-state index contributed by atoms with van der Waals surface area (Å²) in [6, 6.07) is 3.10. The van der Waals surface area contributed by atoms with Crippen LogP contribution in [0.3, 0.4) is 0 Å². The molecule has 1 atom stereocenters. The molecule has 0 spiro atoms. The van der Waals surface area contributed by atoms with E-state index in [1.807, 2.05) is 11.8 Å². The minimum atomic E-state index is -0.759. The van der Waals surface area contributed by atoms with Gasteiger partial charge in [-0.05, 0) is 25.8 Å². The Morgan fingerprint density at radius 2 is 2.09 bits per heavy atom. The summed E-state index contributed by atoms with van der Waals surface area (Å²) in [5.74, 6) is -2.10. The highest BCUT2D eigenvalue weighted by Crippen LogP contribution is 2.29. The fraction of sp³-hybridized carbons (Fsp3) is 0.409. The van der Waals surface area contributed by atoms with Crippen molar-refractivity contribution in [3.8, 4) is 0 Å². The quantitative estimate of drug-likeness (QED) is 0.523. The van der Waals surface area contributed by atoms with Gasteiger partial charge >= 0.3 is 0 Å². The molecule has 4 rings (SSSR count). The van der Waals surface area contributed by atoms with Gasteiger partial charge in [0.2, 0.25) is 11.8 Å². The van der Waals surface area contributed by atoms with Crippen LogP contribution in [-0.4, -0.2) is 46.0 Å². The van der Waals surface area contributed by atoms with Gasteiger partial charge in [-0.15, -0.1) is 0 Å². The third-order valence-electron chi connectivity index (χ3n) is 5.59. The van der Waals surface area contributed by atoms with Crippen LogP contribution in [0.5, 0.6) is 0 Å². The molecule has 0 saturated carbocycles. The summed E-state index contributed by atoms with van der Waals surface area (Å²) in [6.45, 7) is 3.26. The highest BCUT2D eigenvalue weighted by molar-refractivity contribution is 7.22. The standard InChI is InChI=1S/C22H24F2N6O3S/c1-2-25-20(32)14-4-3-7-29(10-14)22-28-19-18(34-22)21(33)30(12-27-19)11-17(31)26-9-13-5-6-15(23)8-16(13)24/h5-6,8,12,14H,2-4,7,9-11H2,1H3,(H,25,32)(H,26,31)/t14-/m1/s1. The van der Waals surface area contributed by atoms with Crippen molar-refractivity contribution in [2.75, 3.05) is 24.5 Å². The van der Waals surface area contributed by atoms with E-state index < -0.39 is 23.1 Å². The molecule has 2 N–H and O–H groups in total. The number of aromatic nitrogens is 3. The summed E-state index contributed by atoms with van der Waals surface area (Å²) < 4.78 is 28.2. The Morgan fingerprint density at radius 1 is 1.26 bits per heavy atom. The maximum atomic E-state index is 13.7. The molecule has 3 heterocycles. The maximum Gasteiger partial charge on any atom is 0.273 e. The third kappa shape index (κ3) is 5.22. The van der Waals surface area contributed by atoms with Crippen LogP contribution in [-0.2, 0) is 22.7 Å². The lowest BCUT2D eigenvalue weighted by Gasteiger charge is -2.31. The van der Waals surface area contributed by atoms with Crippen LogP contribution < -0.4 is 21.1 Å². The smallest absolute Gasteiger partial charge is 0.273 e. The topological polar surface area (TPSA) is 109 Å². The number of halogens is 2. The maximum absolute atomic E-state index is 13.7. The fourth-order valence-corrected chi connectivity index (χ4v) is 4.84. The number of nitrogens with one attached hydrogen (secondary N) is 2. The van der Waals surface area contributed by atoms with E-state index in [1.165, 1.54) is 23.7 Å². The second-order valence-electron chi connectivity index (χ2n) is 8.02. The first-order valence-electron chi connectivity index (χ1n) is 10.9. The van der Waals surface area contributed by atoms with Crippen molar-refractivity contribution in [2.24, 2.45) is 5.92 Å². The van der Waals surface area contributed by atoms with Gasteiger partial charge in [0.05, 0.1) is 5.92 Å². The Hall–Kier alpha value is -3.41. The normalized spacial score (nSPS) is 16.0. The molecule has 1 aliphatic rings. The van der Waals surface area contributed by atoms with E-state index >= 15 is 0 Å². The van der Waals surface area contributed by atoms with Gasteiger partial charge in [0.25, 0.3) is 5.56 Å². The molecular weight excluding hydrogens is 466 g/mol. The largest absolute Gasteiger partial charge is 0.356 e. The number of hydrogen-bond donors (Lipinski definition) is 2. The molecule has 12 heteroatoms. The van der Waals surface area contributed by atoms with E-state index in [-0.39, 0.29) is 36.1 Å². The molecule has 0 radical (unpaired) electrons. The molecule has 0 unspecified atom stereocenters. The molecule has 180 valence electrons. The predicted molar refractivity (Wildman–Crippen MR) is 124 cm³/mol. The zero-order valence-electron chi connectivity index (χ0n) is 18.5. The van der Waals surface area contributed by atoms with Crippen molar-refractivity contribution in [3.05, 3.63) is 52.1 Å². The third-order valence-corrected chi connectivity index (χ3v) is 6.68. The SMILES string of the molecule is CCNC(=O)[C@@H]1CCCN(c2nc3ncn(CC(=O)NCc4ccc(F)cc4F)c(=O)c3s2)C1. The lowest BCUT2D eigenvalue weighted by molar-refractivity contribution is -0.125. The summed E-state index contributed by atoms with van der Waals surface area (Å²) in [7, 11) is 0. The minimum absolute atomic E-state index is 0.0142. The Morgan fingerprint density at radius 3 is 2.85 bits per heavy atom. The van der Waals surface area contributed by atoms with Crippen molar-refractivity contribution >= 4 is 38.6 Å². The second-order valence-corrected chi connectivity index (χ2v) is 9.00. The van der Waals surface area contributed by atoms with Crippen LogP contribution in [0, 0.1) is 17.6 Å². The summed E-state index contributed by atoms with van der Waals surface area (Å²) in [5, 5.41) is 5.98. The minimum Gasteiger partial charge on any atom is -0.356 e. The molecule has 9 nitrogen and oxygen atoms in total. The number of piperidine rings is 1. The van der Waals surface area contributed by atoms with Crippen molar-refractivity contribution < 1.29 is 18.4 Å². The van der Waals surface area contributed by atoms with Crippen molar-refractivity contribution in [2.45, 2.75) is 32.9 Å². The van der Waals surface area contributed by atoms with E-state index in [1.54, 1.807) is 0 Å². The zero-order chi connectivity index (χ0) is 24.2. The van der Waals surface area contributed by atoms with Crippen LogP contribution in [0.4, 0.5) is 13.9 Å². The van der Waals surface area contributed by atoms with Crippen LogP contribution >= 0.6 is 11.3 Å². The van der Waals surface area contributed by atoms with Gasteiger partial charge in [-0.2, -0.15) is 4.98 Å². The highest BCUT2D eigenvalue weighted by atomic mass is 32.1. The number of fused-ring (bicyclic) bond motifs is 1. The molecule has 0 aliphatic carbocycles.